The Kier molecular flexibility index (Phi) is 6.17. The van der Waals surface area contributed by atoms with Gasteiger partial charge in [-0.25, -0.2) is 4.39 Å². The quantitative estimate of drug-likeness (QED) is 0.790. The van der Waals surface area contributed by atoms with E-state index in [0.29, 0.717) is 28.9 Å². The Hall–Kier alpha value is -2.34. The van der Waals surface area contributed by atoms with Crippen LogP contribution < -0.4 is 20.1 Å². The van der Waals surface area contributed by atoms with Crippen molar-refractivity contribution in [1.82, 2.24) is 5.32 Å². The van der Waals surface area contributed by atoms with Crippen LogP contribution in [0.3, 0.4) is 0 Å². The number of hydrogen-bond acceptors (Lipinski definition) is 3. The van der Waals surface area contributed by atoms with Gasteiger partial charge in [-0.1, -0.05) is 24.3 Å². The predicted octanol–water partition coefficient (Wildman–Crippen LogP) is 3.59. The second kappa shape index (κ2) is 8.33. The van der Waals surface area contributed by atoms with E-state index in [1.165, 1.54) is 6.07 Å². The van der Waals surface area contributed by atoms with E-state index >= 15 is 0 Å². The number of hydrogen-bond donors (Lipinski definition) is 2. The SMILES string of the molecule is COc1ccccc1OC[C@H](C)NC(=S)Nc1ccccc1F. The minimum atomic E-state index is -0.352. The van der Waals surface area contributed by atoms with Crippen LogP contribution in [0.2, 0.25) is 0 Å². The van der Waals surface area contributed by atoms with Crippen LogP contribution in [0.15, 0.2) is 48.5 Å². The molecule has 122 valence electrons. The van der Waals surface area contributed by atoms with Crippen molar-refractivity contribution in [2.75, 3.05) is 19.0 Å². The third-order valence-electron chi connectivity index (χ3n) is 3.06. The fourth-order valence-corrected chi connectivity index (χ4v) is 2.25. The molecule has 2 rings (SSSR count). The molecule has 0 aliphatic carbocycles. The monoisotopic (exact) mass is 334 g/mol. The predicted molar refractivity (Wildman–Crippen MR) is 93.7 cm³/mol. The molecule has 0 radical (unpaired) electrons. The van der Waals surface area contributed by atoms with Gasteiger partial charge in [0.15, 0.2) is 16.6 Å². The van der Waals surface area contributed by atoms with Gasteiger partial charge in [0.1, 0.15) is 12.4 Å². The molecule has 0 aromatic heterocycles. The van der Waals surface area contributed by atoms with E-state index in [1.54, 1.807) is 25.3 Å². The van der Waals surface area contributed by atoms with Crippen LogP contribution in [0.4, 0.5) is 10.1 Å². The van der Waals surface area contributed by atoms with Gasteiger partial charge in [-0.2, -0.15) is 0 Å². The molecule has 23 heavy (non-hydrogen) atoms. The van der Waals surface area contributed by atoms with Crippen LogP contribution in [0.1, 0.15) is 6.92 Å². The van der Waals surface area contributed by atoms with Crippen molar-refractivity contribution in [2.45, 2.75) is 13.0 Å². The topological polar surface area (TPSA) is 42.5 Å². The zero-order valence-electron chi connectivity index (χ0n) is 13.0. The first-order valence-electron chi connectivity index (χ1n) is 7.18. The summed E-state index contributed by atoms with van der Waals surface area (Å²) in [5.41, 5.74) is 0.336. The number of halogens is 1. The van der Waals surface area contributed by atoms with Crippen molar-refractivity contribution in [3.8, 4) is 11.5 Å². The molecule has 2 aromatic rings. The average Bonchev–Trinajstić information content (AvgIpc) is 2.55. The molecule has 0 bridgehead atoms. The van der Waals surface area contributed by atoms with E-state index in [0.717, 1.165) is 0 Å². The highest BCUT2D eigenvalue weighted by atomic mass is 32.1. The fourth-order valence-electron chi connectivity index (χ4n) is 1.94. The van der Waals surface area contributed by atoms with Gasteiger partial charge >= 0.3 is 0 Å². The van der Waals surface area contributed by atoms with Crippen LogP contribution in [0.25, 0.3) is 0 Å². The summed E-state index contributed by atoms with van der Waals surface area (Å²) in [6.07, 6.45) is 0. The zero-order valence-corrected chi connectivity index (χ0v) is 13.8. The molecule has 2 aromatic carbocycles. The third kappa shape index (κ3) is 5.10. The van der Waals surface area contributed by atoms with E-state index in [4.69, 9.17) is 21.7 Å². The Morgan fingerprint density at radius 2 is 1.78 bits per heavy atom. The first kappa shape index (κ1) is 17.0. The highest BCUT2D eigenvalue weighted by molar-refractivity contribution is 7.80. The molecule has 6 heteroatoms. The molecule has 0 heterocycles. The van der Waals surface area contributed by atoms with Crippen molar-refractivity contribution < 1.29 is 13.9 Å². The smallest absolute Gasteiger partial charge is 0.171 e. The van der Waals surface area contributed by atoms with Crippen molar-refractivity contribution in [1.29, 1.82) is 0 Å². The van der Waals surface area contributed by atoms with Gasteiger partial charge < -0.3 is 20.1 Å². The Balaban J connectivity index is 1.83. The molecule has 0 saturated carbocycles. The number of methoxy groups -OCH3 is 1. The van der Waals surface area contributed by atoms with E-state index in [-0.39, 0.29) is 11.9 Å². The molecule has 0 amide bonds. The Morgan fingerprint density at radius 1 is 1.13 bits per heavy atom. The first-order valence-corrected chi connectivity index (χ1v) is 7.59. The van der Waals surface area contributed by atoms with Gasteiger partial charge in [0.2, 0.25) is 0 Å². The van der Waals surface area contributed by atoms with E-state index in [1.807, 2.05) is 31.2 Å². The second-order valence-electron chi connectivity index (χ2n) is 4.94. The van der Waals surface area contributed by atoms with Crippen LogP contribution in [-0.2, 0) is 0 Å². The van der Waals surface area contributed by atoms with Crippen LogP contribution >= 0.6 is 12.2 Å². The van der Waals surface area contributed by atoms with Gasteiger partial charge in [-0.3, -0.25) is 0 Å². The maximum atomic E-state index is 13.6. The van der Waals surface area contributed by atoms with E-state index in [2.05, 4.69) is 10.6 Å². The lowest BCUT2D eigenvalue weighted by molar-refractivity contribution is 0.270. The Bertz CT molecular complexity index is 667. The van der Waals surface area contributed by atoms with E-state index < -0.39 is 0 Å². The van der Waals surface area contributed by atoms with Crippen molar-refractivity contribution in [3.63, 3.8) is 0 Å². The van der Waals surface area contributed by atoms with Crippen molar-refractivity contribution in [3.05, 3.63) is 54.3 Å². The lowest BCUT2D eigenvalue weighted by Crippen LogP contribution is -2.39. The molecular weight excluding hydrogens is 315 g/mol. The molecule has 2 N–H and O–H groups in total. The molecule has 0 spiro atoms. The third-order valence-corrected chi connectivity index (χ3v) is 3.28. The maximum absolute atomic E-state index is 13.6. The minimum Gasteiger partial charge on any atom is -0.493 e. The summed E-state index contributed by atoms with van der Waals surface area (Å²) < 4.78 is 24.5. The average molecular weight is 334 g/mol. The number of rotatable bonds is 6. The highest BCUT2D eigenvalue weighted by Crippen LogP contribution is 2.25. The Morgan fingerprint density at radius 3 is 2.48 bits per heavy atom. The number of thiocarbonyl (C=S) groups is 1. The lowest BCUT2D eigenvalue weighted by Gasteiger charge is -2.18. The zero-order chi connectivity index (χ0) is 16.7. The number of benzene rings is 2. The molecule has 0 aliphatic rings. The number of anilines is 1. The summed E-state index contributed by atoms with van der Waals surface area (Å²) in [6.45, 7) is 2.31. The first-order chi connectivity index (χ1) is 11.1. The van der Waals surface area contributed by atoms with Crippen LogP contribution in [0.5, 0.6) is 11.5 Å². The normalized spacial score (nSPS) is 11.4. The van der Waals surface area contributed by atoms with Crippen molar-refractivity contribution >= 4 is 23.0 Å². The van der Waals surface area contributed by atoms with Gasteiger partial charge in [-0.05, 0) is 43.4 Å². The highest BCUT2D eigenvalue weighted by Gasteiger charge is 2.09. The second-order valence-corrected chi connectivity index (χ2v) is 5.35. The Labute approximate surface area is 140 Å². The molecule has 0 fully saturated rings. The molecular formula is C17H19FN2O2S. The molecule has 4 nitrogen and oxygen atoms in total. The van der Waals surface area contributed by atoms with Gasteiger partial charge in [0.05, 0.1) is 18.8 Å². The number of nitrogens with one attached hydrogen (secondary N) is 2. The maximum Gasteiger partial charge on any atom is 0.171 e. The molecule has 0 saturated heterocycles. The van der Waals surface area contributed by atoms with Crippen molar-refractivity contribution in [2.24, 2.45) is 0 Å². The number of ether oxygens (including phenoxy) is 2. The molecule has 0 aliphatic heterocycles. The summed E-state index contributed by atoms with van der Waals surface area (Å²) >= 11 is 5.18. The van der Waals surface area contributed by atoms with Gasteiger partial charge in [0, 0.05) is 0 Å². The van der Waals surface area contributed by atoms with Crippen LogP contribution in [-0.4, -0.2) is 24.9 Å². The molecule has 1 atom stereocenters. The molecule has 0 unspecified atom stereocenters. The van der Waals surface area contributed by atoms with E-state index in [9.17, 15) is 4.39 Å². The lowest BCUT2D eigenvalue weighted by atomic mass is 10.3. The summed E-state index contributed by atoms with van der Waals surface area (Å²) in [7, 11) is 1.59. The van der Waals surface area contributed by atoms with Gasteiger partial charge in [-0.15, -0.1) is 0 Å². The summed E-state index contributed by atoms with van der Waals surface area (Å²) in [5.74, 6) is 0.984. The standard InChI is InChI=1S/C17H19FN2O2S/c1-12(11-22-16-10-6-5-9-15(16)21-2)19-17(23)20-14-8-4-3-7-13(14)18/h3-10,12H,11H2,1-2H3,(H2,19,20,23)/t12-/m0/s1. The summed E-state index contributed by atoms with van der Waals surface area (Å²) in [6, 6.07) is 13.7. The summed E-state index contributed by atoms with van der Waals surface area (Å²) in [4.78, 5) is 0. The largest absolute Gasteiger partial charge is 0.493 e. The fraction of sp³-hybridized carbons (Fsp3) is 0.235. The number of para-hydroxylation sites is 3. The summed E-state index contributed by atoms with van der Waals surface area (Å²) in [5, 5.41) is 6.22. The van der Waals surface area contributed by atoms with Gasteiger partial charge in [0.25, 0.3) is 0 Å². The minimum absolute atomic E-state index is 0.0633. The van der Waals surface area contributed by atoms with Crippen LogP contribution in [0, 0.1) is 5.82 Å².